The molecular weight excluding hydrogens is 234 g/mol. The molecule has 16 heavy (non-hydrogen) atoms. The minimum Gasteiger partial charge on any atom is -0.506 e. The first-order chi connectivity index (χ1) is 7.56. The maximum atomic E-state index is 9.57. The third-order valence-corrected chi connectivity index (χ3v) is 2.59. The van der Waals surface area contributed by atoms with Gasteiger partial charge in [0.1, 0.15) is 5.75 Å². The minimum absolute atomic E-state index is 0.0548. The van der Waals surface area contributed by atoms with Crippen molar-refractivity contribution in [3.63, 3.8) is 0 Å². The van der Waals surface area contributed by atoms with E-state index in [2.05, 4.69) is 0 Å². The number of aromatic hydroxyl groups is 1. The van der Waals surface area contributed by atoms with Crippen LogP contribution in [0.1, 0.15) is 11.6 Å². The number of hydrogen-bond donors (Lipinski definition) is 3. The van der Waals surface area contributed by atoms with Crippen LogP contribution in [0.4, 0.5) is 0 Å². The monoisotopic (exact) mass is 247 g/mol. The summed E-state index contributed by atoms with van der Waals surface area (Å²) in [7, 11) is 2.86. The van der Waals surface area contributed by atoms with Crippen molar-refractivity contribution in [2.75, 3.05) is 20.8 Å². The zero-order chi connectivity index (χ0) is 12.3. The molecule has 1 aromatic carbocycles. The van der Waals surface area contributed by atoms with Crippen LogP contribution in [0.2, 0.25) is 5.02 Å². The average molecular weight is 248 g/mol. The summed E-state index contributed by atoms with van der Waals surface area (Å²) in [5, 5.41) is 18.7. The lowest BCUT2D eigenvalue weighted by molar-refractivity contribution is 0.262. The van der Waals surface area contributed by atoms with Crippen LogP contribution in [0.5, 0.6) is 17.2 Å². The second-order valence-electron chi connectivity index (χ2n) is 3.15. The minimum atomic E-state index is -0.747. The van der Waals surface area contributed by atoms with Crippen LogP contribution >= 0.6 is 11.6 Å². The van der Waals surface area contributed by atoms with Gasteiger partial charge in [0.2, 0.25) is 0 Å². The van der Waals surface area contributed by atoms with Crippen LogP contribution in [-0.4, -0.2) is 31.0 Å². The Balaban J connectivity index is 3.46. The average Bonchev–Trinajstić information content (AvgIpc) is 2.30. The number of hydrogen-bond acceptors (Lipinski definition) is 5. The molecule has 0 bridgehead atoms. The van der Waals surface area contributed by atoms with Gasteiger partial charge in [-0.1, -0.05) is 11.6 Å². The molecule has 1 unspecified atom stereocenters. The predicted octanol–water partition coefficient (Wildman–Crippen LogP) is 1.05. The van der Waals surface area contributed by atoms with E-state index in [4.69, 9.17) is 31.9 Å². The van der Waals surface area contributed by atoms with E-state index < -0.39 is 6.04 Å². The topological polar surface area (TPSA) is 84.9 Å². The predicted molar refractivity (Wildman–Crippen MR) is 60.2 cm³/mol. The lowest BCUT2D eigenvalue weighted by Gasteiger charge is -2.18. The van der Waals surface area contributed by atoms with Crippen molar-refractivity contribution in [1.29, 1.82) is 0 Å². The van der Waals surface area contributed by atoms with Gasteiger partial charge in [0.05, 0.1) is 31.9 Å². The first kappa shape index (κ1) is 12.9. The van der Waals surface area contributed by atoms with Crippen LogP contribution in [0.3, 0.4) is 0 Å². The van der Waals surface area contributed by atoms with Crippen LogP contribution in [0.25, 0.3) is 0 Å². The number of aliphatic hydroxyl groups is 1. The number of methoxy groups -OCH3 is 2. The van der Waals surface area contributed by atoms with E-state index in [1.54, 1.807) is 0 Å². The molecule has 0 aliphatic rings. The van der Waals surface area contributed by atoms with Gasteiger partial charge in [0.15, 0.2) is 11.5 Å². The van der Waals surface area contributed by atoms with E-state index in [-0.39, 0.29) is 17.4 Å². The third-order valence-electron chi connectivity index (χ3n) is 2.19. The van der Waals surface area contributed by atoms with Gasteiger partial charge in [0.25, 0.3) is 0 Å². The van der Waals surface area contributed by atoms with Crippen LogP contribution < -0.4 is 15.2 Å². The van der Waals surface area contributed by atoms with Crippen molar-refractivity contribution in [3.8, 4) is 17.2 Å². The molecule has 90 valence electrons. The van der Waals surface area contributed by atoms with Gasteiger partial charge in [-0.25, -0.2) is 0 Å². The number of benzene rings is 1. The molecule has 1 rings (SSSR count). The Labute approximate surface area is 98.3 Å². The van der Waals surface area contributed by atoms with Gasteiger partial charge >= 0.3 is 0 Å². The van der Waals surface area contributed by atoms with E-state index in [1.165, 1.54) is 20.3 Å². The lowest BCUT2D eigenvalue weighted by Crippen LogP contribution is -2.16. The highest BCUT2D eigenvalue weighted by molar-refractivity contribution is 6.33. The number of nitrogens with two attached hydrogens (primary N) is 1. The van der Waals surface area contributed by atoms with Gasteiger partial charge in [-0.15, -0.1) is 0 Å². The molecule has 0 saturated carbocycles. The van der Waals surface area contributed by atoms with Crippen molar-refractivity contribution in [1.82, 2.24) is 0 Å². The van der Waals surface area contributed by atoms with Crippen LogP contribution in [-0.2, 0) is 0 Å². The molecule has 0 radical (unpaired) electrons. The number of phenolic OH excluding ortho intramolecular Hbond substituents is 1. The van der Waals surface area contributed by atoms with Crippen molar-refractivity contribution in [2.45, 2.75) is 6.04 Å². The molecule has 1 atom stereocenters. The van der Waals surface area contributed by atoms with Gasteiger partial charge in [-0.05, 0) is 0 Å². The molecule has 0 fully saturated rings. The molecule has 6 heteroatoms. The molecule has 0 spiro atoms. The number of ether oxygens (including phenoxy) is 2. The van der Waals surface area contributed by atoms with Crippen molar-refractivity contribution >= 4 is 11.6 Å². The Morgan fingerprint density at radius 3 is 2.50 bits per heavy atom. The molecule has 5 nitrogen and oxygen atoms in total. The first-order valence-electron chi connectivity index (χ1n) is 4.56. The molecule has 0 aliphatic carbocycles. The van der Waals surface area contributed by atoms with Crippen LogP contribution in [0.15, 0.2) is 6.07 Å². The van der Waals surface area contributed by atoms with E-state index >= 15 is 0 Å². The van der Waals surface area contributed by atoms with Crippen LogP contribution in [0, 0.1) is 0 Å². The first-order valence-corrected chi connectivity index (χ1v) is 4.94. The number of rotatable bonds is 4. The summed E-state index contributed by atoms with van der Waals surface area (Å²) in [6.07, 6.45) is 0. The quantitative estimate of drug-likeness (QED) is 0.741. The van der Waals surface area contributed by atoms with E-state index in [9.17, 15) is 5.11 Å². The Bertz CT molecular complexity index is 384. The van der Waals surface area contributed by atoms with Crippen molar-refractivity contribution < 1.29 is 19.7 Å². The Kier molecular flexibility index (Phi) is 4.23. The highest BCUT2D eigenvalue weighted by Crippen LogP contribution is 2.44. The molecular formula is C10H14ClNO4. The molecule has 4 N–H and O–H groups in total. The molecule has 0 aromatic heterocycles. The zero-order valence-electron chi connectivity index (χ0n) is 9.03. The normalized spacial score (nSPS) is 12.3. The van der Waals surface area contributed by atoms with Gasteiger partial charge in [-0.3, -0.25) is 0 Å². The summed E-state index contributed by atoms with van der Waals surface area (Å²) in [5.74, 6) is 0.452. The Hall–Kier alpha value is -1.17. The molecule has 0 amide bonds. The lowest BCUT2D eigenvalue weighted by atomic mass is 10.1. The smallest absolute Gasteiger partial charge is 0.167 e. The largest absolute Gasteiger partial charge is 0.506 e. The molecule has 0 heterocycles. The van der Waals surface area contributed by atoms with E-state index in [0.717, 1.165) is 0 Å². The molecule has 0 saturated heterocycles. The molecule has 1 aromatic rings. The van der Waals surface area contributed by atoms with E-state index in [1.807, 2.05) is 0 Å². The Morgan fingerprint density at radius 1 is 1.44 bits per heavy atom. The highest BCUT2D eigenvalue weighted by atomic mass is 35.5. The summed E-state index contributed by atoms with van der Waals surface area (Å²) >= 11 is 5.90. The second-order valence-corrected chi connectivity index (χ2v) is 3.53. The highest BCUT2D eigenvalue weighted by Gasteiger charge is 2.22. The van der Waals surface area contributed by atoms with Crippen molar-refractivity contribution in [2.24, 2.45) is 5.73 Å². The fourth-order valence-corrected chi connectivity index (χ4v) is 1.69. The summed E-state index contributed by atoms with van der Waals surface area (Å²) in [4.78, 5) is 0. The number of halogens is 1. The number of aliphatic hydroxyl groups excluding tert-OH is 1. The van der Waals surface area contributed by atoms with Gasteiger partial charge < -0.3 is 25.4 Å². The zero-order valence-corrected chi connectivity index (χ0v) is 9.78. The van der Waals surface area contributed by atoms with Gasteiger partial charge in [-0.2, -0.15) is 0 Å². The summed E-state index contributed by atoms with van der Waals surface area (Å²) < 4.78 is 10.1. The maximum absolute atomic E-state index is 9.57. The fourth-order valence-electron chi connectivity index (χ4n) is 1.41. The standard InChI is InChI=1S/C10H14ClNO4/c1-15-7-3-6(14)9(11)8(5(12)4-13)10(7)16-2/h3,5,13-14H,4,12H2,1-2H3. The van der Waals surface area contributed by atoms with E-state index in [0.29, 0.717) is 17.1 Å². The fraction of sp³-hybridized carbons (Fsp3) is 0.400. The summed E-state index contributed by atoms with van der Waals surface area (Å²) in [6, 6.07) is 0.581. The number of phenols is 1. The summed E-state index contributed by atoms with van der Waals surface area (Å²) in [6.45, 7) is -0.317. The SMILES string of the molecule is COc1cc(O)c(Cl)c(C(N)CO)c1OC. The maximum Gasteiger partial charge on any atom is 0.167 e. The second kappa shape index (κ2) is 5.25. The molecule has 0 aliphatic heterocycles. The van der Waals surface area contributed by atoms with Gasteiger partial charge in [0, 0.05) is 11.6 Å². The Morgan fingerprint density at radius 2 is 2.06 bits per heavy atom. The summed E-state index contributed by atoms with van der Waals surface area (Å²) in [5.41, 5.74) is 6.01. The third kappa shape index (κ3) is 2.16. The van der Waals surface area contributed by atoms with Crippen molar-refractivity contribution in [3.05, 3.63) is 16.7 Å².